The van der Waals surface area contributed by atoms with Crippen LogP contribution in [0.3, 0.4) is 0 Å². The second-order valence-corrected chi connectivity index (χ2v) is 9.02. The summed E-state index contributed by atoms with van der Waals surface area (Å²) in [5.74, 6) is 3.29. The van der Waals surface area contributed by atoms with E-state index in [1.165, 1.54) is 0 Å². The Bertz CT molecular complexity index is 961. The maximum Gasteiger partial charge on any atom is 0.251 e. The topological polar surface area (TPSA) is 80.5 Å². The Hall–Kier alpha value is -2.84. The van der Waals surface area contributed by atoms with Gasteiger partial charge in [0, 0.05) is 23.4 Å². The second kappa shape index (κ2) is 13.6. The van der Waals surface area contributed by atoms with Gasteiger partial charge in [0.2, 0.25) is 11.8 Å². The summed E-state index contributed by atoms with van der Waals surface area (Å²) in [6, 6.07) is 17.0. The first kappa shape index (κ1) is 24.8. The number of hydrogen-bond acceptors (Lipinski definition) is 7. The summed E-state index contributed by atoms with van der Waals surface area (Å²) in [5.41, 5.74) is 1.42. The molecule has 0 spiro atoms. The fourth-order valence-corrected chi connectivity index (χ4v) is 3.76. The van der Waals surface area contributed by atoms with Gasteiger partial charge in [-0.25, -0.2) is 0 Å². The van der Waals surface area contributed by atoms with Crippen molar-refractivity contribution in [3.05, 3.63) is 66.1 Å². The van der Waals surface area contributed by atoms with Gasteiger partial charge in [-0.05, 0) is 69.9 Å². The molecule has 7 nitrogen and oxygen atoms in total. The molecule has 0 saturated heterocycles. The summed E-state index contributed by atoms with van der Waals surface area (Å²) < 4.78 is 11.4. The molecule has 1 heterocycles. The highest BCUT2D eigenvalue weighted by Crippen LogP contribution is 2.21. The minimum absolute atomic E-state index is 0.0606. The first-order valence-corrected chi connectivity index (χ1v) is 12.4. The van der Waals surface area contributed by atoms with Crippen molar-refractivity contribution in [2.45, 2.75) is 25.0 Å². The Labute approximate surface area is 199 Å². The SMILES string of the molecule is CN(C)CCCCCNC(=O)c1ccc(-c2nnc(CSCCOc3ccccc3)o2)cc1. The number of thioether (sulfide) groups is 1. The molecule has 3 rings (SSSR count). The molecule has 0 atom stereocenters. The largest absolute Gasteiger partial charge is 0.493 e. The fraction of sp³-hybridized carbons (Fsp3) is 0.400. The Kier molecular flexibility index (Phi) is 10.3. The number of para-hydroxylation sites is 1. The Balaban J connectivity index is 1.36. The van der Waals surface area contributed by atoms with E-state index in [1.54, 1.807) is 23.9 Å². The number of aromatic nitrogens is 2. The van der Waals surface area contributed by atoms with E-state index in [0.717, 1.165) is 42.9 Å². The van der Waals surface area contributed by atoms with E-state index in [4.69, 9.17) is 9.15 Å². The lowest BCUT2D eigenvalue weighted by atomic mass is 10.1. The van der Waals surface area contributed by atoms with Crippen molar-refractivity contribution < 1.29 is 13.9 Å². The van der Waals surface area contributed by atoms with Crippen LogP contribution in [0.5, 0.6) is 5.75 Å². The van der Waals surface area contributed by atoms with Gasteiger partial charge in [-0.1, -0.05) is 24.6 Å². The highest BCUT2D eigenvalue weighted by atomic mass is 32.2. The van der Waals surface area contributed by atoms with Crippen LogP contribution in [0.15, 0.2) is 59.0 Å². The number of ether oxygens (including phenoxy) is 1. The van der Waals surface area contributed by atoms with E-state index in [-0.39, 0.29) is 5.91 Å². The molecule has 176 valence electrons. The van der Waals surface area contributed by atoms with Gasteiger partial charge in [-0.2, -0.15) is 0 Å². The number of nitrogens with zero attached hydrogens (tertiary/aromatic N) is 3. The molecule has 0 unspecified atom stereocenters. The standard InChI is InChI=1S/C25H32N4O3S/c1-29(2)16-8-4-7-15-26-24(30)20-11-13-21(14-12-20)25-28-27-23(32-25)19-33-18-17-31-22-9-5-3-6-10-22/h3,5-6,9-14H,4,7-8,15-19H2,1-2H3,(H,26,30). The van der Waals surface area contributed by atoms with E-state index < -0.39 is 0 Å². The molecular weight excluding hydrogens is 436 g/mol. The molecule has 3 aromatic rings. The van der Waals surface area contributed by atoms with Crippen LogP contribution in [0, 0.1) is 0 Å². The van der Waals surface area contributed by atoms with Crippen molar-refractivity contribution in [2.75, 3.05) is 39.5 Å². The van der Waals surface area contributed by atoms with Gasteiger partial charge in [0.15, 0.2) is 0 Å². The van der Waals surface area contributed by atoms with Gasteiger partial charge in [-0.15, -0.1) is 22.0 Å². The van der Waals surface area contributed by atoms with Crippen LogP contribution in [0.4, 0.5) is 0 Å². The predicted octanol–water partition coefficient (Wildman–Crippen LogP) is 4.51. The van der Waals surface area contributed by atoms with Crippen molar-refractivity contribution in [3.8, 4) is 17.2 Å². The number of carbonyl (C=O) groups excluding carboxylic acids is 1. The number of nitrogens with one attached hydrogen (secondary N) is 1. The molecule has 0 radical (unpaired) electrons. The lowest BCUT2D eigenvalue weighted by Gasteiger charge is -2.09. The first-order chi connectivity index (χ1) is 16.1. The molecule has 0 aliphatic heterocycles. The predicted molar refractivity (Wildman–Crippen MR) is 133 cm³/mol. The number of hydrogen-bond donors (Lipinski definition) is 1. The van der Waals surface area contributed by atoms with Gasteiger partial charge in [-0.3, -0.25) is 4.79 Å². The average Bonchev–Trinajstić information content (AvgIpc) is 3.30. The molecule has 8 heteroatoms. The van der Waals surface area contributed by atoms with Gasteiger partial charge in [0.1, 0.15) is 5.75 Å². The van der Waals surface area contributed by atoms with E-state index in [9.17, 15) is 4.79 Å². The Morgan fingerprint density at radius 1 is 1.03 bits per heavy atom. The van der Waals surface area contributed by atoms with Crippen molar-refractivity contribution in [1.82, 2.24) is 20.4 Å². The third-order valence-corrected chi connectivity index (χ3v) is 5.80. The second-order valence-electron chi connectivity index (χ2n) is 7.91. The van der Waals surface area contributed by atoms with Crippen LogP contribution in [0.25, 0.3) is 11.5 Å². The molecule has 0 fully saturated rings. The van der Waals surface area contributed by atoms with Crippen LogP contribution in [-0.4, -0.2) is 60.5 Å². The number of amides is 1. The zero-order valence-electron chi connectivity index (χ0n) is 19.3. The van der Waals surface area contributed by atoms with Gasteiger partial charge >= 0.3 is 0 Å². The Morgan fingerprint density at radius 2 is 1.82 bits per heavy atom. The third-order valence-electron chi connectivity index (χ3n) is 4.89. The molecule has 0 aliphatic rings. The lowest BCUT2D eigenvalue weighted by Crippen LogP contribution is -2.24. The first-order valence-electron chi connectivity index (χ1n) is 11.2. The molecule has 0 bridgehead atoms. The van der Waals surface area contributed by atoms with Crippen LogP contribution in [-0.2, 0) is 5.75 Å². The lowest BCUT2D eigenvalue weighted by molar-refractivity contribution is 0.0953. The zero-order chi connectivity index (χ0) is 23.3. The number of rotatable bonds is 14. The van der Waals surface area contributed by atoms with Crippen molar-refractivity contribution >= 4 is 17.7 Å². The average molecular weight is 469 g/mol. The van der Waals surface area contributed by atoms with Gasteiger partial charge in [0.05, 0.1) is 12.4 Å². The van der Waals surface area contributed by atoms with Gasteiger partial charge < -0.3 is 19.4 Å². The molecule has 2 aromatic carbocycles. The summed E-state index contributed by atoms with van der Waals surface area (Å²) in [7, 11) is 4.15. The molecular formula is C25H32N4O3S. The molecule has 0 saturated carbocycles. The zero-order valence-corrected chi connectivity index (χ0v) is 20.1. The minimum Gasteiger partial charge on any atom is -0.493 e. The smallest absolute Gasteiger partial charge is 0.251 e. The van der Waals surface area contributed by atoms with E-state index in [1.807, 2.05) is 42.5 Å². The summed E-state index contributed by atoms with van der Waals surface area (Å²) in [5, 5.41) is 11.2. The monoisotopic (exact) mass is 468 g/mol. The van der Waals surface area contributed by atoms with Crippen LogP contribution in [0.2, 0.25) is 0 Å². The third kappa shape index (κ3) is 8.90. The molecule has 1 aromatic heterocycles. The minimum atomic E-state index is -0.0606. The maximum atomic E-state index is 12.3. The summed E-state index contributed by atoms with van der Waals surface area (Å²) >= 11 is 1.68. The summed E-state index contributed by atoms with van der Waals surface area (Å²) in [6.45, 7) is 2.39. The van der Waals surface area contributed by atoms with Crippen LogP contribution in [0.1, 0.15) is 35.5 Å². The highest BCUT2D eigenvalue weighted by Gasteiger charge is 2.11. The van der Waals surface area contributed by atoms with Crippen molar-refractivity contribution in [1.29, 1.82) is 0 Å². The number of unbranched alkanes of at least 4 members (excludes halogenated alkanes) is 2. The van der Waals surface area contributed by atoms with Crippen LogP contribution >= 0.6 is 11.8 Å². The molecule has 33 heavy (non-hydrogen) atoms. The van der Waals surface area contributed by atoms with Crippen LogP contribution < -0.4 is 10.1 Å². The number of benzene rings is 2. The van der Waals surface area contributed by atoms with Gasteiger partial charge in [0.25, 0.3) is 5.91 Å². The molecule has 1 amide bonds. The van der Waals surface area contributed by atoms with Crippen molar-refractivity contribution in [3.63, 3.8) is 0 Å². The molecule has 1 N–H and O–H groups in total. The van der Waals surface area contributed by atoms with E-state index >= 15 is 0 Å². The molecule has 0 aliphatic carbocycles. The van der Waals surface area contributed by atoms with E-state index in [2.05, 4.69) is 34.5 Å². The fourth-order valence-electron chi connectivity index (χ4n) is 3.12. The Morgan fingerprint density at radius 3 is 2.58 bits per heavy atom. The highest BCUT2D eigenvalue weighted by molar-refractivity contribution is 7.98. The van der Waals surface area contributed by atoms with E-state index in [0.29, 0.717) is 36.2 Å². The normalized spacial score (nSPS) is 11.0. The summed E-state index contributed by atoms with van der Waals surface area (Å²) in [4.78, 5) is 14.5. The van der Waals surface area contributed by atoms with Crippen molar-refractivity contribution in [2.24, 2.45) is 0 Å². The quantitative estimate of drug-likeness (QED) is 0.349. The number of carbonyl (C=O) groups is 1. The summed E-state index contributed by atoms with van der Waals surface area (Å²) in [6.07, 6.45) is 3.23. The maximum absolute atomic E-state index is 12.3.